The molecule has 2 rings (SSSR count). The summed E-state index contributed by atoms with van der Waals surface area (Å²) < 4.78 is 0. The minimum atomic E-state index is 0.457. The number of aromatic nitrogens is 2. The highest BCUT2D eigenvalue weighted by atomic mass is 15.0. The Bertz CT molecular complexity index is 488. The number of nitrogen functional groups attached to an aromatic ring is 1. The van der Waals surface area contributed by atoms with Gasteiger partial charge in [0.2, 0.25) is 0 Å². The fraction of sp³-hybridized carbons (Fsp3) is 0.250. The monoisotopic (exact) mass is 216 g/mol. The topological polar surface area (TPSA) is 80.7 Å². The van der Waals surface area contributed by atoms with Crippen LogP contribution in [0, 0.1) is 0 Å². The maximum Gasteiger partial charge on any atom is 0.198 e. The molecule has 0 spiro atoms. The highest BCUT2D eigenvalue weighted by Gasteiger charge is 2.11. The lowest BCUT2D eigenvalue weighted by molar-refractivity contribution is 1.05. The van der Waals surface area contributed by atoms with Gasteiger partial charge in [-0.25, -0.2) is 4.98 Å². The maximum absolute atomic E-state index is 5.72. The number of aryl methyl sites for hydroxylation is 1. The van der Waals surface area contributed by atoms with E-state index >= 15 is 0 Å². The molecule has 16 heavy (non-hydrogen) atoms. The first-order valence-corrected chi connectivity index (χ1v) is 5.39. The van der Waals surface area contributed by atoms with Crippen LogP contribution in [0.2, 0.25) is 0 Å². The van der Waals surface area contributed by atoms with Crippen LogP contribution in [0.4, 0.5) is 5.95 Å². The molecule has 0 atom stereocenters. The van der Waals surface area contributed by atoms with Crippen LogP contribution >= 0.6 is 0 Å². The third-order valence-corrected chi connectivity index (χ3v) is 2.64. The van der Waals surface area contributed by atoms with Crippen LogP contribution in [0.1, 0.15) is 18.2 Å². The van der Waals surface area contributed by atoms with E-state index in [9.17, 15) is 0 Å². The number of nitrogens with one attached hydrogen (secondary N) is 1. The highest BCUT2D eigenvalue weighted by molar-refractivity contribution is 5.67. The van der Waals surface area contributed by atoms with Gasteiger partial charge in [0.05, 0.1) is 5.69 Å². The number of imidazole rings is 1. The zero-order valence-electron chi connectivity index (χ0n) is 9.33. The van der Waals surface area contributed by atoms with Gasteiger partial charge in [-0.05, 0) is 12.0 Å². The van der Waals surface area contributed by atoms with Gasteiger partial charge in [-0.1, -0.05) is 31.2 Å². The van der Waals surface area contributed by atoms with Crippen LogP contribution in [0.5, 0.6) is 0 Å². The molecule has 0 aliphatic heterocycles. The summed E-state index contributed by atoms with van der Waals surface area (Å²) in [4.78, 5) is 7.40. The molecule has 84 valence electrons. The maximum atomic E-state index is 5.72. The molecule has 0 saturated heterocycles. The second-order valence-electron chi connectivity index (χ2n) is 3.66. The molecule has 0 amide bonds. The zero-order valence-corrected chi connectivity index (χ0v) is 9.33. The number of hydrogen-bond donors (Lipinski definition) is 3. The summed E-state index contributed by atoms with van der Waals surface area (Å²) in [5.41, 5.74) is 15.5. The summed E-state index contributed by atoms with van der Waals surface area (Å²) in [5.74, 6) is 0.457. The lowest BCUT2D eigenvalue weighted by Crippen LogP contribution is -1.99. The Kier molecular flexibility index (Phi) is 2.92. The standard InChI is InChI=1S/C12H16N4/c1-2-10-11(16-12(14)15-10)9-6-4-3-5-8(9)7-13/h3-6H,2,7,13H2,1H3,(H3,14,15,16). The second-order valence-corrected chi connectivity index (χ2v) is 3.66. The van der Waals surface area contributed by atoms with Crippen molar-refractivity contribution in [3.63, 3.8) is 0 Å². The summed E-state index contributed by atoms with van der Waals surface area (Å²) in [6.07, 6.45) is 0.873. The highest BCUT2D eigenvalue weighted by Crippen LogP contribution is 2.26. The molecule has 0 saturated carbocycles. The van der Waals surface area contributed by atoms with Crippen molar-refractivity contribution in [2.45, 2.75) is 19.9 Å². The Hall–Kier alpha value is -1.81. The molecule has 0 aliphatic rings. The Balaban J connectivity index is 2.57. The first-order valence-electron chi connectivity index (χ1n) is 5.39. The van der Waals surface area contributed by atoms with Gasteiger partial charge in [-0.2, -0.15) is 0 Å². The quantitative estimate of drug-likeness (QED) is 0.730. The van der Waals surface area contributed by atoms with Crippen LogP contribution < -0.4 is 11.5 Å². The first kappa shape index (κ1) is 10.7. The van der Waals surface area contributed by atoms with Crippen LogP contribution in [-0.2, 0) is 13.0 Å². The number of H-pyrrole nitrogens is 1. The molecule has 0 aliphatic carbocycles. The molecule has 0 radical (unpaired) electrons. The van der Waals surface area contributed by atoms with E-state index in [-0.39, 0.29) is 0 Å². The van der Waals surface area contributed by atoms with Gasteiger partial charge in [-0.3, -0.25) is 0 Å². The number of aromatic amines is 1. The van der Waals surface area contributed by atoms with E-state index in [4.69, 9.17) is 11.5 Å². The zero-order chi connectivity index (χ0) is 11.5. The molecule has 0 unspecified atom stereocenters. The molecule has 2 aromatic rings. The minimum Gasteiger partial charge on any atom is -0.369 e. The van der Waals surface area contributed by atoms with E-state index in [1.807, 2.05) is 24.3 Å². The van der Waals surface area contributed by atoms with E-state index in [0.717, 1.165) is 28.9 Å². The van der Waals surface area contributed by atoms with Gasteiger partial charge in [0, 0.05) is 17.8 Å². The lowest BCUT2D eigenvalue weighted by Gasteiger charge is -2.06. The van der Waals surface area contributed by atoms with Crippen molar-refractivity contribution in [2.75, 3.05) is 5.73 Å². The van der Waals surface area contributed by atoms with Gasteiger partial charge >= 0.3 is 0 Å². The predicted molar refractivity (Wildman–Crippen MR) is 65.7 cm³/mol. The number of hydrogen-bond acceptors (Lipinski definition) is 3. The van der Waals surface area contributed by atoms with Gasteiger partial charge in [0.15, 0.2) is 5.95 Å². The summed E-state index contributed by atoms with van der Waals surface area (Å²) >= 11 is 0. The molecule has 4 nitrogen and oxygen atoms in total. The average molecular weight is 216 g/mol. The molecule has 0 bridgehead atoms. The molecular formula is C12H16N4. The van der Waals surface area contributed by atoms with E-state index in [2.05, 4.69) is 16.9 Å². The Morgan fingerprint density at radius 2 is 2.06 bits per heavy atom. The smallest absolute Gasteiger partial charge is 0.198 e. The van der Waals surface area contributed by atoms with Gasteiger partial charge in [0.25, 0.3) is 0 Å². The van der Waals surface area contributed by atoms with Crippen LogP contribution in [0.25, 0.3) is 11.3 Å². The van der Waals surface area contributed by atoms with Crippen molar-refractivity contribution in [3.05, 3.63) is 35.5 Å². The largest absolute Gasteiger partial charge is 0.369 e. The molecule has 4 heteroatoms. The van der Waals surface area contributed by atoms with Crippen molar-refractivity contribution in [1.82, 2.24) is 9.97 Å². The van der Waals surface area contributed by atoms with Crippen molar-refractivity contribution in [3.8, 4) is 11.3 Å². The Morgan fingerprint density at radius 1 is 1.31 bits per heavy atom. The SMILES string of the molecule is CCc1[nH]c(N)nc1-c1ccccc1CN. The van der Waals surface area contributed by atoms with E-state index in [1.165, 1.54) is 0 Å². The van der Waals surface area contributed by atoms with E-state index < -0.39 is 0 Å². The van der Waals surface area contributed by atoms with Crippen molar-refractivity contribution in [2.24, 2.45) is 5.73 Å². The molecule has 1 aromatic heterocycles. The predicted octanol–water partition coefficient (Wildman–Crippen LogP) is 1.68. The summed E-state index contributed by atoms with van der Waals surface area (Å²) in [5, 5.41) is 0. The van der Waals surface area contributed by atoms with E-state index in [0.29, 0.717) is 12.5 Å². The summed E-state index contributed by atoms with van der Waals surface area (Å²) in [7, 11) is 0. The fourth-order valence-corrected chi connectivity index (χ4v) is 1.84. The van der Waals surface area contributed by atoms with Crippen LogP contribution in [0.3, 0.4) is 0 Å². The first-order chi connectivity index (χ1) is 7.76. The van der Waals surface area contributed by atoms with Gasteiger partial charge in [0.1, 0.15) is 0 Å². The second kappa shape index (κ2) is 4.37. The number of rotatable bonds is 3. The number of anilines is 1. The normalized spacial score (nSPS) is 10.6. The molecular weight excluding hydrogens is 200 g/mol. The third-order valence-electron chi connectivity index (χ3n) is 2.64. The molecule has 5 N–H and O–H groups in total. The Labute approximate surface area is 94.7 Å². The van der Waals surface area contributed by atoms with Crippen molar-refractivity contribution in [1.29, 1.82) is 0 Å². The number of nitrogens with two attached hydrogens (primary N) is 2. The van der Waals surface area contributed by atoms with Crippen LogP contribution in [0.15, 0.2) is 24.3 Å². The van der Waals surface area contributed by atoms with Crippen molar-refractivity contribution < 1.29 is 0 Å². The lowest BCUT2D eigenvalue weighted by atomic mass is 10.0. The van der Waals surface area contributed by atoms with E-state index in [1.54, 1.807) is 0 Å². The summed E-state index contributed by atoms with van der Waals surface area (Å²) in [6, 6.07) is 8.00. The fourth-order valence-electron chi connectivity index (χ4n) is 1.84. The molecule has 1 heterocycles. The van der Waals surface area contributed by atoms with Gasteiger partial charge < -0.3 is 16.5 Å². The molecule has 1 aromatic carbocycles. The van der Waals surface area contributed by atoms with Crippen molar-refractivity contribution >= 4 is 5.95 Å². The average Bonchev–Trinajstić information content (AvgIpc) is 2.70. The minimum absolute atomic E-state index is 0.457. The third kappa shape index (κ3) is 1.79. The number of nitrogens with zero attached hydrogens (tertiary/aromatic N) is 1. The number of benzene rings is 1. The summed E-state index contributed by atoms with van der Waals surface area (Å²) in [6.45, 7) is 2.58. The van der Waals surface area contributed by atoms with Crippen LogP contribution in [-0.4, -0.2) is 9.97 Å². The molecule has 0 fully saturated rings. The Morgan fingerprint density at radius 3 is 2.75 bits per heavy atom. The van der Waals surface area contributed by atoms with Gasteiger partial charge in [-0.15, -0.1) is 0 Å².